The normalized spacial score (nSPS) is 12.8. The summed E-state index contributed by atoms with van der Waals surface area (Å²) in [5, 5.41) is 0.233. The van der Waals surface area contributed by atoms with Crippen LogP contribution in [0.4, 0.5) is 0 Å². The Hall–Kier alpha value is -0.730. The maximum absolute atomic E-state index is 5.96. The van der Waals surface area contributed by atoms with E-state index in [9.17, 15) is 0 Å². The molecule has 96 valence electrons. The molecule has 1 aromatic carbocycles. The fourth-order valence-corrected chi connectivity index (χ4v) is 1.90. The van der Waals surface area contributed by atoms with Crippen LogP contribution in [0.3, 0.4) is 0 Å². The molecule has 2 nitrogen and oxygen atoms in total. The van der Waals surface area contributed by atoms with E-state index in [1.54, 1.807) is 7.11 Å². The second-order valence-electron chi connectivity index (χ2n) is 4.62. The van der Waals surface area contributed by atoms with Crippen molar-refractivity contribution >= 4 is 11.6 Å². The number of hydrogen-bond donors (Lipinski definition) is 0. The van der Waals surface area contributed by atoms with Crippen LogP contribution in [0.5, 0.6) is 5.75 Å². The van der Waals surface area contributed by atoms with Gasteiger partial charge in [0.05, 0.1) is 7.11 Å². The van der Waals surface area contributed by atoms with Crippen molar-refractivity contribution in [2.75, 3.05) is 20.7 Å². The molecule has 0 spiro atoms. The molecule has 0 aliphatic heterocycles. The monoisotopic (exact) mass is 255 g/mol. The molecule has 0 fully saturated rings. The molecule has 1 unspecified atom stereocenters. The molecule has 0 aromatic heterocycles. The minimum absolute atomic E-state index is 0.233. The number of halogens is 1. The summed E-state index contributed by atoms with van der Waals surface area (Å²) >= 11 is 5.96. The Balaban J connectivity index is 2.63. The Morgan fingerprint density at radius 3 is 2.71 bits per heavy atom. The third kappa shape index (κ3) is 4.97. The highest BCUT2D eigenvalue weighted by molar-refractivity contribution is 6.20. The van der Waals surface area contributed by atoms with Crippen LogP contribution < -0.4 is 4.74 Å². The first kappa shape index (κ1) is 14.3. The molecule has 1 rings (SSSR count). The van der Waals surface area contributed by atoms with Gasteiger partial charge in [0.1, 0.15) is 5.75 Å². The third-order valence-corrected chi connectivity index (χ3v) is 3.00. The molecule has 0 N–H and O–H groups in total. The number of alkyl halides is 1. The summed E-state index contributed by atoms with van der Waals surface area (Å²) in [5.74, 6) is 0.960. The lowest BCUT2D eigenvalue weighted by atomic mass is 10.1. The molecule has 3 heteroatoms. The van der Waals surface area contributed by atoms with Crippen LogP contribution in [0.2, 0.25) is 0 Å². The van der Waals surface area contributed by atoms with E-state index in [0.29, 0.717) is 0 Å². The van der Waals surface area contributed by atoms with Crippen LogP contribution in [0.15, 0.2) is 18.2 Å². The fraction of sp³-hybridized carbons (Fsp3) is 0.571. The van der Waals surface area contributed by atoms with Gasteiger partial charge in [-0.1, -0.05) is 17.7 Å². The van der Waals surface area contributed by atoms with Crippen LogP contribution >= 0.6 is 11.6 Å². The Bertz CT molecular complexity index is 352. The van der Waals surface area contributed by atoms with Crippen molar-refractivity contribution in [2.45, 2.75) is 32.2 Å². The van der Waals surface area contributed by atoms with Gasteiger partial charge in [0.15, 0.2) is 0 Å². The smallest absolute Gasteiger partial charge is 0.123 e. The molecule has 0 saturated heterocycles. The SMILES string of the molecule is COc1ccc(C)cc1CN(C)CCC(C)Cl. The van der Waals surface area contributed by atoms with Gasteiger partial charge in [0, 0.05) is 17.5 Å². The summed E-state index contributed by atoms with van der Waals surface area (Å²) in [4.78, 5) is 2.27. The first-order valence-electron chi connectivity index (χ1n) is 5.99. The number of methoxy groups -OCH3 is 1. The molecule has 17 heavy (non-hydrogen) atoms. The van der Waals surface area contributed by atoms with E-state index in [4.69, 9.17) is 16.3 Å². The van der Waals surface area contributed by atoms with Crippen LogP contribution in [0, 0.1) is 6.92 Å². The van der Waals surface area contributed by atoms with E-state index in [-0.39, 0.29) is 5.38 Å². The van der Waals surface area contributed by atoms with Crippen molar-refractivity contribution in [3.8, 4) is 5.75 Å². The lowest BCUT2D eigenvalue weighted by molar-refractivity contribution is 0.313. The molecule has 0 saturated carbocycles. The predicted octanol–water partition coefficient (Wildman–Crippen LogP) is 3.45. The molecular formula is C14H22ClNO. The predicted molar refractivity (Wildman–Crippen MR) is 74.0 cm³/mol. The summed E-state index contributed by atoms with van der Waals surface area (Å²) in [6.45, 7) is 6.03. The molecule has 0 bridgehead atoms. The van der Waals surface area contributed by atoms with Gasteiger partial charge in [-0.3, -0.25) is 0 Å². The molecule has 0 aliphatic carbocycles. The lowest BCUT2D eigenvalue weighted by Gasteiger charge is -2.19. The van der Waals surface area contributed by atoms with E-state index < -0.39 is 0 Å². The number of aryl methyl sites for hydroxylation is 1. The number of rotatable bonds is 6. The zero-order valence-corrected chi connectivity index (χ0v) is 11.9. The number of ether oxygens (including phenoxy) is 1. The molecule has 0 radical (unpaired) electrons. The topological polar surface area (TPSA) is 12.5 Å². The molecule has 0 amide bonds. The van der Waals surface area contributed by atoms with Gasteiger partial charge in [0.25, 0.3) is 0 Å². The largest absolute Gasteiger partial charge is 0.496 e. The van der Waals surface area contributed by atoms with Gasteiger partial charge in [-0.25, -0.2) is 0 Å². The van der Waals surface area contributed by atoms with Gasteiger partial charge in [0.2, 0.25) is 0 Å². The quantitative estimate of drug-likeness (QED) is 0.722. The molecular weight excluding hydrogens is 234 g/mol. The minimum atomic E-state index is 0.233. The summed E-state index contributed by atoms with van der Waals surface area (Å²) in [7, 11) is 3.83. The highest BCUT2D eigenvalue weighted by Gasteiger charge is 2.07. The summed E-state index contributed by atoms with van der Waals surface area (Å²) in [6, 6.07) is 6.28. The average Bonchev–Trinajstić information content (AvgIpc) is 2.27. The standard InChI is InChI=1S/C14H22ClNO/c1-11-5-6-14(17-4)13(9-11)10-16(3)8-7-12(2)15/h5-6,9,12H,7-8,10H2,1-4H3. The van der Waals surface area contributed by atoms with E-state index in [1.165, 1.54) is 11.1 Å². The molecule has 1 atom stereocenters. The van der Waals surface area contributed by atoms with Crippen LogP contribution in [0.25, 0.3) is 0 Å². The highest BCUT2D eigenvalue weighted by atomic mass is 35.5. The summed E-state index contributed by atoms with van der Waals surface area (Å²) in [5.41, 5.74) is 2.50. The maximum atomic E-state index is 5.96. The van der Waals surface area contributed by atoms with Crippen LogP contribution in [-0.2, 0) is 6.54 Å². The zero-order valence-electron chi connectivity index (χ0n) is 11.2. The first-order valence-corrected chi connectivity index (χ1v) is 6.42. The van der Waals surface area contributed by atoms with Crippen LogP contribution in [-0.4, -0.2) is 31.0 Å². The number of nitrogens with zero attached hydrogens (tertiary/aromatic N) is 1. The van der Waals surface area contributed by atoms with E-state index in [0.717, 1.165) is 25.3 Å². The third-order valence-electron chi connectivity index (χ3n) is 2.78. The average molecular weight is 256 g/mol. The Morgan fingerprint density at radius 2 is 2.12 bits per heavy atom. The second kappa shape index (κ2) is 6.87. The Kier molecular flexibility index (Phi) is 5.79. The van der Waals surface area contributed by atoms with Gasteiger partial charge in [-0.15, -0.1) is 11.6 Å². The van der Waals surface area contributed by atoms with E-state index in [1.807, 2.05) is 13.0 Å². The van der Waals surface area contributed by atoms with Crippen molar-refractivity contribution in [3.63, 3.8) is 0 Å². The van der Waals surface area contributed by atoms with Gasteiger partial charge >= 0.3 is 0 Å². The van der Waals surface area contributed by atoms with Crippen molar-refractivity contribution < 1.29 is 4.74 Å². The van der Waals surface area contributed by atoms with E-state index in [2.05, 4.69) is 31.0 Å². The highest BCUT2D eigenvalue weighted by Crippen LogP contribution is 2.21. The zero-order chi connectivity index (χ0) is 12.8. The summed E-state index contributed by atoms with van der Waals surface area (Å²) < 4.78 is 5.37. The molecule has 0 heterocycles. The van der Waals surface area contributed by atoms with Gasteiger partial charge in [-0.05, 0) is 39.9 Å². The van der Waals surface area contributed by atoms with Gasteiger partial charge < -0.3 is 9.64 Å². The lowest BCUT2D eigenvalue weighted by Crippen LogP contribution is -2.21. The van der Waals surface area contributed by atoms with Crippen molar-refractivity contribution in [3.05, 3.63) is 29.3 Å². The Labute approximate surface area is 110 Å². The Morgan fingerprint density at radius 1 is 1.41 bits per heavy atom. The fourth-order valence-electron chi connectivity index (χ4n) is 1.80. The number of benzene rings is 1. The summed E-state index contributed by atoms with van der Waals surface area (Å²) in [6.07, 6.45) is 1.01. The second-order valence-corrected chi connectivity index (χ2v) is 5.37. The number of hydrogen-bond acceptors (Lipinski definition) is 2. The molecule has 0 aliphatic rings. The van der Waals surface area contributed by atoms with Crippen LogP contribution in [0.1, 0.15) is 24.5 Å². The van der Waals surface area contributed by atoms with Crippen molar-refractivity contribution in [1.29, 1.82) is 0 Å². The minimum Gasteiger partial charge on any atom is -0.496 e. The van der Waals surface area contributed by atoms with Crippen molar-refractivity contribution in [2.24, 2.45) is 0 Å². The maximum Gasteiger partial charge on any atom is 0.123 e. The van der Waals surface area contributed by atoms with Gasteiger partial charge in [-0.2, -0.15) is 0 Å². The van der Waals surface area contributed by atoms with E-state index >= 15 is 0 Å². The first-order chi connectivity index (χ1) is 8.02. The van der Waals surface area contributed by atoms with Crippen molar-refractivity contribution in [1.82, 2.24) is 4.90 Å². The molecule has 1 aromatic rings.